The van der Waals surface area contributed by atoms with E-state index in [0.717, 1.165) is 25.8 Å². The van der Waals surface area contributed by atoms with Crippen molar-refractivity contribution in [2.24, 2.45) is 11.7 Å². The van der Waals surface area contributed by atoms with Crippen LogP contribution >= 0.6 is 12.4 Å². The smallest absolute Gasteiger partial charge is 0.225 e. The van der Waals surface area contributed by atoms with Crippen LogP contribution in [-0.4, -0.2) is 42.1 Å². The molecule has 1 saturated carbocycles. The highest BCUT2D eigenvalue weighted by atomic mass is 35.5. The monoisotopic (exact) mass is 262 g/mol. The summed E-state index contributed by atoms with van der Waals surface area (Å²) in [6.07, 6.45) is 2.80. The topological polar surface area (TPSA) is 55.6 Å². The van der Waals surface area contributed by atoms with E-state index in [0.29, 0.717) is 13.2 Å². The summed E-state index contributed by atoms with van der Waals surface area (Å²) in [6.45, 7) is 6.16. The first kappa shape index (κ1) is 14.7. The van der Waals surface area contributed by atoms with E-state index in [1.807, 2.05) is 18.7 Å². The number of amides is 1. The van der Waals surface area contributed by atoms with Gasteiger partial charge in [0.15, 0.2) is 0 Å². The fourth-order valence-corrected chi connectivity index (χ4v) is 2.70. The van der Waals surface area contributed by atoms with E-state index in [-0.39, 0.29) is 35.9 Å². The van der Waals surface area contributed by atoms with Gasteiger partial charge in [0, 0.05) is 25.0 Å². The molecule has 1 heterocycles. The molecule has 0 aromatic heterocycles. The second-order valence-electron chi connectivity index (χ2n) is 5.64. The third-order valence-corrected chi connectivity index (χ3v) is 3.56. The van der Waals surface area contributed by atoms with Crippen LogP contribution in [0.3, 0.4) is 0 Å². The molecule has 17 heavy (non-hydrogen) atoms. The first-order chi connectivity index (χ1) is 7.48. The lowest BCUT2D eigenvalue weighted by Gasteiger charge is -2.39. The number of carbonyl (C=O) groups excluding carboxylic acids is 1. The molecule has 2 fully saturated rings. The summed E-state index contributed by atoms with van der Waals surface area (Å²) in [6, 6.07) is 0.225. The van der Waals surface area contributed by atoms with Crippen molar-refractivity contribution in [1.82, 2.24) is 4.90 Å². The zero-order chi connectivity index (χ0) is 11.8. The van der Waals surface area contributed by atoms with E-state index in [2.05, 4.69) is 0 Å². The van der Waals surface area contributed by atoms with Gasteiger partial charge >= 0.3 is 0 Å². The predicted octanol–water partition coefficient (Wildman–Crippen LogP) is 1.17. The molecular formula is C12H23ClN2O2. The molecule has 0 spiro atoms. The zero-order valence-corrected chi connectivity index (χ0v) is 11.5. The lowest BCUT2D eigenvalue weighted by atomic mass is 10.0. The van der Waals surface area contributed by atoms with Crippen LogP contribution in [0.25, 0.3) is 0 Å². The van der Waals surface area contributed by atoms with Crippen LogP contribution in [-0.2, 0) is 9.53 Å². The van der Waals surface area contributed by atoms with Gasteiger partial charge in [-0.05, 0) is 33.1 Å². The summed E-state index contributed by atoms with van der Waals surface area (Å²) in [5, 5.41) is 0. The first-order valence-electron chi connectivity index (χ1n) is 6.16. The molecule has 2 aliphatic rings. The number of nitrogens with two attached hydrogens (primary N) is 1. The van der Waals surface area contributed by atoms with Crippen molar-refractivity contribution in [2.75, 3.05) is 19.7 Å². The van der Waals surface area contributed by atoms with Crippen molar-refractivity contribution < 1.29 is 9.53 Å². The molecule has 0 bridgehead atoms. The molecule has 0 aromatic rings. The lowest BCUT2D eigenvalue weighted by Crippen LogP contribution is -2.52. The van der Waals surface area contributed by atoms with Gasteiger partial charge in [-0.15, -0.1) is 12.4 Å². The van der Waals surface area contributed by atoms with Crippen molar-refractivity contribution in [3.63, 3.8) is 0 Å². The Morgan fingerprint density at radius 1 is 1.41 bits per heavy atom. The van der Waals surface area contributed by atoms with Gasteiger partial charge in [-0.1, -0.05) is 0 Å². The minimum Gasteiger partial charge on any atom is -0.372 e. The highest BCUT2D eigenvalue weighted by molar-refractivity contribution is 5.85. The third-order valence-electron chi connectivity index (χ3n) is 3.56. The third kappa shape index (κ3) is 3.57. The quantitative estimate of drug-likeness (QED) is 0.772. The fraction of sp³-hybridized carbons (Fsp3) is 0.917. The number of halogens is 1. The molecule has 1 saturated heterocycles. The van der Waals surface area contributed by atoms with Crippen molar-refractivity contribution in [1.29, 1.82) is 0 Å². The van der Waals surface area contributed by atoms with Gasteiger partial charge in [0.05, 0.1) is 12.2 Å². The van der Waals surface area contributed by atoms with Crippen LogP contribution < -0.4 is 5.73 Å². The minimum atomic E-state index is -0.200. The lowest BCUT2D eigenvalue weighted by molar-refractivity contribution is -0.149. The molecule has 1 aliphatic heterocycles. The number of morpholine rings is 1. The molecule has 2 N–H and O–H groups in total. The van der Waals surface area contributed by atoms with Gasteiger partial charge in [0.2, 0.25) is 5.91 Å². The Hall–Kier alpha value is -0.320. The maximum Gasteiger partial charge on any atom is 0.225 e. The maximum absolute atomic E-state index is 12.2. The van der Waals surface area contributed by atoms with E-state index < -0.39 is 0 Å². The second kappa shape index (κ2) is 5.55. The summed E-state index contributed by atoms with van der Waals surface area (Å²) >= 11 is 0. The molecule has 2 atom stereocenters. The highest BCUT2D eigenvalue weighted by Crippen LogP contribution is 2.27. The average molecular weight is 263 g/mol. The zero-order valence-electron chi connectivity index (χ0n) is 10.6. The molecule has 2 rings (SSSR count). The van der Waals surface area contributed by atoms with Gasteiger partial charge in [0.25, 0.3) is 0 Å². The largest absolute Gasteiger partial charge is 0.372 e. The van der Waals surface area contributed by atoms with E-state index >= 15 is 0 Å². The molecule has 1 aliphatic carbocycles. The number of hydrogen-bond donors (Lipinski definition) is 1. The molecule has 0 aromatic carbocycles. The van der Waals surface area contributed by atoms with Crippen molar-refractivity contribution in [3.8, 4) is 0 Å². The highest BCUT2D eigenvalue weighted by Gasteiger charge is 2.35. The van der Waals surface area contributed by atoms with E-state index in [4.69, 9.17) is 10.5 Å². The van der Waals surface area contributed by atoms with Crippen molar-refractivity contribution in [3.05, 3.63) is 0 Å². The van der Waals surface area contributed by atoms with Gasteiger partial charge < -0.3 is 15.4 Å². The number of ether oxygens (including phenoxy) is 1. The summed E-state index contributed by atoms with van der Waals surface area (Å²) in [4.78, 5) is 14.2. The molecule has 4 nitrogen and oxygen atoms in total. The van der Waals surface area contributed by atoms with Gasteiger partial charge in [-0.2, -0.15) is 0 Å². The standard InChI is InChI=1S/C12H22N2O2.ClH/c1-12(2)8-14(5-6-16-12)11(15)9-3-4-10(13)7-9;/h9-10H,3-8,13H2,1-2H3;1H. The molecule has 100 valence electrons. The first-order valence-corrected chi connectivity index (χ1v) is 6.16. The minimum absolute atomic E-state index is 0. The molecular weight excluding hydrogens is 240 g/mol. The summed E-state index contributed by atoms with van der Waals surface area (Å²) in [5.41, 5.74) is 5.65. The summed E-state index contributed by atoms with van der Waals surface area (Å²) in [7, 11) is 0. The Bertz CT molecular complexity index is 284. The molecule has 0 radical (unpaired) electrons. The number of hydrogen-bond acceptors (Lipinski definition) is 3. The summed E-state index contributed by atoms with van der Waals surface area (Å²) in [5.74, 6) is 0.438. The van der Waals surface area contributed by atoms with Crippen molar-refractivity contribution in [2.45, 2.75) is 44.8 Å². The molecule has 1 amide bonds. The van der Waals surface area contributed by atoms with Crippen LogP contribution in [0.5, 0.6) is 0 Å². The van der Waals surface area contributed by atoms with Crippen LogP contribution in [0.4, 0.5) is 0 Å². The Morgan fingerprint density at radius 3 is 2.65 bits per heavy atom. The molecule has 2 unspecified atom stereocenters. The Kier molecular flexibility index (Phi) is 4.81. The fourth-order valence-electron chi connectivity index (χ4n) is 2.70. The van der Waals surface area contributed by atoms with E-state index in [1.54, 1.807) is 0 Å². The van der Waals surface area contributed by atoms with Gasteiger partial charge in [-0.3, -0.25) is 4.79 Å². The Morgan fingerprint density at radius 2 is 2.12 bits per heavy atom. The SMILES string of the molecule is CC1(C)CN(C(=O)C2CCC(N)C2)CCO1.Cl. The van der Waals surface area contributed by atoms with E-state index in [9.17, 15) is 4.79 Å². The average Bonchev–Trinajstić information content (AvgIpc) is 2.62. The van der Waals surface area contributed by atoms with E-state index in [1.165, 1.54) is 0 Å². The number of rotatable bonds is 1. The van der Waals surface area contributed by atoms with Crippen LogP contribution in [0.2, 0.25) is 0 Å². The Labute approximate surface area is 109 Å². The molecule has 5 heteroatoms. The number of carbonyl (C=O) groups is 1. The van der Waals surface area contributed by atoms with Gasteiger partial charge in [0.1, 0.15) is 0 Å². The Balaban J connectivity index is 0.00000144. The maximum atomic E-state index is 12.2. The van der Waals surface area contributed by atoms with Crippen molar-refractivity contribution >= 4 is 18.3 Å². The van der Waals surface area contributed by atoms with Crippen LogP contribution in [0, 0.1) is 5.92 Å². The second-order valence-corrected chi connectivity index (χ2v) is 5.64. The predicted molar refractivity (Wildman–Crippen MR) is 69.2 cm³/mol. The van der Waals surface area contributed by atoms with Crippen LogP contribution in [0.1, 0.15) is 33.1 Å². The van der Waals surface area contributed by atoms with Gasteiger partial charge in [-0.25, -0.2) is 0 Å². The number of nitrogens with zero attached hydrogens (tertiary/aromatic N) is 1. The normalized spacial score (nSPS) is 32.1. The van der Waals surface area contributed by atoms with Crippen LogP contribution in [0.15, 0.2) is 0 Å². The summed E-state index contributed by atoms with van der Waals surface area (Å²) < 4.78 is 5.61.